The van der Waals surface area contributed by atoms with Crippen molar-refractivity contribution in [3.05, 3.63) is 48.2 Å². The summed E-state index contributed by atoms with van der Waals surface area (Å²) < 4.78 is 42.1. The van der Waals surface area contributed by atoms with Gasteiger partial charge < -0.3 is 20.3 Å². The monoisotopic (exact) mass is 521 g/mol. The van der Waals surface area contributed by atoms with Gasteiger partial charge in [0.05, 0.1) is 11.1 Å². The molecule has 1 aliphatic rings. The molecule has 5 rings (SSSR count). The number of thiazole rings is 1. The van der Waals surface area contributed by atoms with E-state index in [4.69, 9.17) is 0 Å². The first kappa shape index (κ1) is 23.2. The number of fused-ring (bicyclic) bond motifs is 1. The van der Waals surface area contributed by atoms with Gasteiger partial charge in [0.2, 0.25) is 16.2 Å². The number of carbonyl (C=O) groups excluding carboxylic acids is 1. The molecule has 0 unspecified atom stereocenters. The minimum absolute atomic E-state index is 0.133. The number of amides is 1. The van der Waals surface area contributed by atoms with Crippen LogP contribution >= 0.6 is 22.7 Å². The van der Waals surface area contributed by atoms with Crippen LogP contribution < -0.4 is 20.3 Å². The number of rotatable bonds is 7. The molecule has 4 aromatic rings. The van der Waals surface area contributed by atoms with Gasteiger partial charge in [-0.25, -0.2) is 4.98 Å². The molecule has 3 aromatic heterocycles. The summed E-state index contributed by atoms with van der Waals surface area (Å²) in [7, 11) is 0. The van der Waals surface area contributed by atoms with Crippen molar-refractivity contribution in [2.45, 2.75) is 25.2 Å². The van der Waals surface area contributed by atoms with E-state index in [0.29, 0.717) is 15.8 Å². The minimum Gasteiger partial charge on any atom is -0.406 e. The van der Waals surface area contributed by atoms with Gasteiger partial charge in [-0.3, -0.25) is 4.79 Å². The van der Waals surface area contributed by atoms with Crippen LogP contribution in [0.2, 0.25) is 0 Å². The highest BCUT2D eigenvalue weighted by molar-refractivity contribution is 7.22. The van der Waals surface area contributed by atoms with Gasteiger partial charge in [0.25, 0.3) is 0 Å². The molecule has 0 spiro atoms. The number of ether oxygens (including phenoxy) is 1. The largest absolute Gasteiger partial charge is 0.573 e. The Hall–Kier alpha value is -3.52. The van der Waals surface area contributed by atoms with Gasteiger partial charge in [0, 0.05) is 25.3 Å². The molecule has 2 N–H and O–H groups in total. The molecule has 14 heteroatoms. The van der Waals surface area contributed by atoms with Crippen molar-refractivity contribution in [2.75, 3.05) is 28.6 Å². The summed E-state index contributed by atoms with van der Waals surface area (Å²) in [6.45, 7) is 1.59. The van der Waals surface area contributed by atoms with Crippen LogP contribution in [-0.4, -0.2) is 51.6 Å². The van der Waals surface area contributed by atoms with E-state index in [-0.39, 0.29) is 18.2 Å². The van der Waals surface area contributed by atoms with Crippen molar-refractivity contribution in [3.8, 4) is 5.75 Å². The summed E-state index contributed by atoms with van der Waals surface area (Å²) in [6, 6.07) is 9.32. The van der Waals surface area contributed by atoms with E-state index >= 15 is 0 Å². The van der Waals surface area contributed by atoms with Crippen LogP contribution in [0.3, 0.4) is 0 Å². The molecule has 1 atom stereocenters. The Morgan fingerprint density at radius 3 is 2.86 bits per heavy atom. The molecule has 0 bridgehead atoms. The zero-order valence-corrected chi connectivity index (χ0v) is 19.6. The number of hydrogen-bond donors (Lipinski definition) is 2. The van der Waals surface area contributed by atoms with E-state index in [2.05, 4.69) is 40.4 Å². The van der Waals surface area contributed by atoms with E-state index in [1.165, 1.54) is 29.5 Å². The average Bonchev–Trinajstić information content (AvgIpc) is 3.52. The second-order valence-electron chi connectivity index (χ2n) is 7.73. The number of benzene rings is 1. The molecular weight excluding hydrogens is 503 g/mol. The summed E-state index contributed by atoms with van der Waals surface area (Å²) in [4.78, 5) is 23.4. The maximum atomic E-state index is 12.4. The maximum Gasteiger partial charge on any atom is 0.573 e. The first-order valence-electron chi connectivity index (χ1n) is 10.5. The molecule has 9 nitrogen and oxygen atoms in total. The lowest BCUT2D eigenvalue weighted by Gasteiger charge is -2.14. The number of pyridine rings is 1. The van der Waals surface area contributed by atoms with E-state index in [1.54, 1.807) is 23.6 Å². The highest BCUT2D eigenvalue weighted by atomic mass is 32.1. The number of nitrogens with zero attached hydrogens (tertiary/aromatic N) is 5. The van der Waals surface area contributed by atoms with Gasteiger partial charge in [0.15, 0.2) is 10.8 Å². The van der Waals surface area contributed by atoms with Crippen LogP contribution in [0.25, 0.3) is 10.3 Å². The normalized spacial score (nSPS) is 16.0. The first-order valence-corrected chi connectivity index (χ1v) is 12.2. The van der Waals surface area contributed by atoms with Crippen LogP contribution in [0.1, 0.15) is 12.0 Å². The number of hydrogen-bond acceptors (Lipinski definition) is 10. The van der Waals surface area contributed by atoms with Crippen LogP contribution in [-0.2, 0) is 11.2 Å². The first-order chi connectivity index (χ1) is 16.8. The molecular formula is C21H18F3N7O2S2. The van der Waals surface area contributed by atoms with Crippen LogP contribution in [0.4, 0.5) is 28.6 Å². The van der Waals surface area contributed by atoms with Gasteiger partial charge >= 0.3 is 6.36 Å². The zero-order chi connectivity index (χ0) is 24.4. The molecule has 1 aliphatic heterocycles. The summed E-state index contributed by atoms with van der Waals surface area (Å²) in [5, 5.41) is 15.8. The second kappa shape index (κ2) is 9.62. The zero-order valence-electron chi connectivity index (χ0n) is 18.0. The lowest BCUT2D eigenvalue weighted by Crippen LogP contribution is -2.25. The lowest BCUT2D eigenvalue weighted by molar-refractivity contribution is -0.274. The van der Waals surface area contributed by atoms with Gasteiger partial charge in [-0.1, -0.05) is 34.8 Å². The lowest BCUT2D eigenvalue weighted by atomic mass is 10.1. The predicted molar refractivity (Wildman–Crippen MR) is 127 cm³/mol. The fourth-order valence-electron chi connectivity index (χ4n) is 3.65. The summed E-state index contributed by atoms with van der Waals surface area (Å²) in [6.07, 6.45) is -2.31. The van der Waals surface area contributed by atoms with Crippen molar-refractivity contribution >= 4 is 54.3 Å². The molecule has 1 saturated heterocycles. The van der Waals surface area contributed by atoms with Crippen molar-refractivity contribution in [1.82, 2.24) is 20.2 Å². The predicted octanol–water partition coefficient (Wildman–Crippen LogP) is 4.31. The Labute approximate surface area is 205 Å². The van der Waals surface area contributed by atoms with Gasteiger partial charge in [0.1, 0.15) is 5.75 Å². The summed E-state index contributed by atoms with van der Waals surface area (Å²) >= 11 is 2.80. The summed E-state index contributed by atoms with van der Waals surface area (Å²) in [5.74, 6) is -0.800. The van der Waals surface area contributed by atoms with Crippen LogP contribution in [0.5, 0.6) is 5.75 Å². The third-order valence-electron chi connectivity index (χ3n) is 5.11. The Kier molecular flexibility index (Phi) is 6.38. The molecule has 182 valence electrons. The van der Waals surface area contributed by atoms with Crippen molar-refractivity contribution in [1.29, 1.82) is 0 Å². The summed E-state index contributed by atoms with van der Waals surface area (Å²) in [5.41, 5.74) is 1.12. The van der Waals surface area contributed by atoms with Crippen molar-refractivity contribution in [3.63, 3.8) is 0 Å². The Morgan fingerprint density at radius 2 is 2.03 bits per heavy atom. The quantitative estimate of drug-likeness (QED) is 0.371. The Bertz CT molecular complexity index is 1310. The second-order valence-corrected chi connectivity index (χ2v) is 9.72. The average molecular weight is 522 g/mol. The van der Waals surface area contributed by atoms with Crippen molar-refractivity contribution in [2.24, 2.45) is 0 Å². The highest BCUT2D eigenvalue weighted by Gasteiger charge is 2.31. The topological polar surface area (TPSA) is 105 Å². The third kappa shape index (κ3) is 5.95. The van der Waals surface area contributed by atoms with Crippen LogP contribution in [0.15, 0.2) is 42.6 Å². The maximum absolute atomic E-state index is 12.4. The van der Waals surface area contributed by atoms with Crippen molar-refractivity contribution < 1.29 is 22.7 Å². The van der Waals surface area contributed by atoms with E-state index in [1.807, 2.05) is 12.1 Å². The molecule has 1 aromatic carbocycles. The van der Waals surface area contributed by atoms with Gasteiger partial charge in [-0.2, -0.15) is 4.98 Å². The SMILES string of the molecule is O=C(Cc1cccc(OC(F)(F)F)c1)Nc1nnc(N[C@@H]2CCN(c3nc4ncccc4s3)C2)s1. The fourth-order valence-corrected chi connectivity index (χ4v) is 5.35. The number of aromatic nitrogens is 4. The third-order valence-corrected chi connectivity index (χ3v) is 6.95. The van der Waals surface area contributed by atoms with E-state index in [0.717, 1.165) is 35.0 Å². The number of halogens is 3. The molecule has 4 heterocycles. The Balaban J connectivity index is 1.13. The Morgan fingerprint density at radius 1 is 1.17 bits per heavy atom. The molecule has 1 fully saturated rings. The molecule has 0 radical (unpaired) electrons. The molecule has 1 amide bonds. The van der Waals surface area contributed by atoms with Crippen LogP contribution in [0, 0.1) is 0 Å². The van der Waals surface area contributed by atoms with E-state index < -0.39 is 12.3 Å². The van der Waals surface area contributed by atoms with E-state index in [9.17, 15) is 18.0 Å². The molecule has 0 aliphatic carbocycles. The minimum atomic E-state index is -4.79. The molecule has 35 heavy (non-hydrogen) atoms. The smallest absolute Gasteiger partial charge is 0.406 e. The number of anilines is 3. The fraction of sp³-hybridized carbons (Fsp3) is 0.286. The number of carbonyl (C=O) groups is 1. The van der Waals surface area contributed by atoms with Gasteiger partial charge in [-0.05, 0) is 36.2 Å². The van der Waals surface area contributed by atoms with Gasteiger partial charge in [-0.15, -0.1) is 23.4 Å². The molecule has 0 saturated carbocycles. The standard InChI is InChI=1S/C21H18F3N7O2S2/c22-21(23,24)33-14-4-1-3-12(9-14)10-16(32)27-19-30-29-18(35-19)26-13-6-8-31(11-13)20-28-17-15(34-20)5-2-7-25-17/h1-5,7,9,13H,6,8,10-11H2,(H,26,29)(H,27,30,32)/t13-/m1/s1. The highest BCUT2D eigenvalue weighted by Crippen LogP contribution is 2.31. The number of alkyl halides is 3. The number of nitrogens with one attached hydrogen (secondary N) is 2.